The largest absolute Gasteiger partial charge is 0.330 e. The fraction of sp³-hybridized carbons (Fsp3) is 0.400. The van der Waals surface area contributed by atoms with Gasteiger partial charge in [0.05, 0.1) is 22.4 Å². The molecule has 0 amide bonds. The quantitative estimate of drug-likeness (QED) is 0.938. The summed E-state index contributed by atoms with van der Waals surface area (Å²) in [6.45, 7) is 7.72. The second-order valence-corrected chi connectivity index (χ2v) is 5.81. The van der Waals surface area contributed by atoms with E-state index in [0.29, 0.717) is 12.5 Å². The monoisotopic (exact) mass is 321 g/mol. The molecule has 1 heterocycles. The molecule has 0 radical (unpaired) electrons. The van der Waals surface area contributed by atoms with E-state index < -0.39 is 0 Å². The summed E-state index contributed by atoms with van der Waals surface area (Å²) in [5.41, 5.74) is 10.4. The second-order valence-electron chi connectivity index (χ2n) is 5.02. The number of hydrogen-bond acceptors (Lipinski definition) is 2. The molecular formula is C15H20BrN3. The van der Waals surface area contributed by atoms with E-state index in [2.05, 4.69) is 59.1 Å². The summed E-state index contributed by atoms with van der Waals surface area (Å²) in [6.07, 6.45) is 0. The molecule has 2 aromatic rings. The van der Waals surface area contributed by atoms with Crippen molar-refractivity contribution < 1.29 is 0 Å². The lowest BCUT2D eigenvalue weighted by molar-refractivity contribution is 0.658. The zero-order chi connectivity index (χ0) is 14.0. The summed E-state index contributed by atoms with van der Waals surface area (Å²) < 4.78 is 3.13. The van der Waals surface area contributed by atoms with Crippen LogP contribution >= 0.6 is 15.9 Å². The molecule has 19 heavy (non-hydrogen) atoms. The minimum atomic E-state index is 0.414. The molecular weight excluding hydrogens is 302 g/mol. The van der Waals surface area contributed by atoms with Gasteiger partial charge in [-0.15, -0.1) is 0 Å². The van der Waals surface area contributed by atoms with Gasteiger partial charge in [-0.1, -0.05) is 31.2 Å². The van der Waals surface area contributed by atoms with Gasteiger partial charge in [0, 0.05) is 0 Å². The zero-order valence-electron chi connectivity index (χ0n) is 11.7. The number of benzene rings is 1. The van der Waals surface area contributed by atoms with Crippen LogP contribution in [0.25, 0.3) is 0 Å². The maximum absolute atomic E-state index is 5.69. The molecule has 2 rings (SSSR count). The molecule has 0 aliphatic heterocycles. The first-order valence-corrected chi connectivity index (χ1v) is 7.30. The third-order valence-corrected chi connectivity index (χ3v) is 4.68. The van der Waals surface area contributed by atoms with Crippen molar-refractivity contribution in [2.45, 2.75) is 33.2 Å². The summed E-state index contributed by atoms with van der Waals surface area (Å²) in [5.74, 6) is 0.414. The number of nitrogens with zero attached hydrogens (tertiary/aromatic N) is 2. The van der Waals surface area contributed by atoms with E-state index in [1.807, 2.05) is 11.6 Å². The van der Waals surface area contributed by atoms with E-state index >= 15 is 0 Å². The average molecular weight is 322 g/mol. The normalized spacial score (nSPS) is 12.7. The van der Waals surface area contributed by atoms with Crippen LogP contribution in [-0.2, 0) is 6.54 Å². The Hall–Kier alpha value is -1.13. The van der Waals surface area contributed by atoms with Crippen LogP contribution in [0.15, 0.2) is 28.7 Å². The van der Waals surface area contributed by atoms with Crippen molar-refractivity contribution in [2.75, 3.05) is 6.54 Å². The van der Waals surface area contributed by atoms with Gasteiger partial charge in [0.15, 0.2) is 0 Å². The van der Waals surface area contributed by atoms with Crippen LogP contribution < -0.4 is 5.73 Å². The van der Waals surface area contributed by atoms with Gasteiger partial charge in [0.2, 0.25) is 0 Å². The standard InChI is InChI=1S/C15H20BrN3/c1-10(8-17)14-6-4-13(5-7-14)9-19-12(3)15(16)11(2)18-19/h4-7,10H,8-9,17H2,1-3H3. The topological polar surface area (TPSA) is 43.8 Å². The number of rotatable bonds is 4. The van der Waals surface area contributed by atoms with Crippen molar-refractivity contribution >= 4 is 15.9 Å². The Labute approximate surface area is 122 Å². The summed E-state index contributed by atoms with van der Waals surface area (Å²) in [6, 6.07) is 8.64. The number of aryl methyl sites for hydroxylation is 1. The maximum Gasteiger partial charge on any atom is 0.0738 e. The van der Waals surface area contributed by atoms with Gasteiger partial charge < -0.3 is 5.73 Å². The van der Waals surface area contributed by atoms with Crippen LogP contribution in [0.2, 0.25) is 0 Å². The van der Waals surface area contributed by atoms with Gasteiger partial charge >= 0.3 is 0 Å². The molecule has 3 nitrogen and oxygen atoms in total. The van der Waals surface area contributed by atoms with Gasteiger partial charge in [-0.3, -0.25) is 4.68 Å². The Bertz CT molecular complexity index is 558. The Balaban J connectivity index is 2.17. The van der Waals surface area contributed by atoms with E-state index in [-0.39, 0.29) is 0 Å². The summed E-state index contributed by atoms with van der Waals surface area (Å²) in [4.78, 5) is 0. The molecule has 4 heteroatoms. The van der Waals surface area contributed by atoms with Gasteiger partial charge in [-0.25, -0.2) is 0 Å². The van der Waals surface area contributed by atoms with E-state index in [1.54, 1.807) is 0 Å². The van der Waals surface area contributed by atoms with Crippen molar-refractivity contribution in [2.24, 2.45) is 5.73 Å². The molecule has 0 aliphatic carbocycles. The molecule has 0 aliphatic rings. The summed E-state index contributed by atoms with van der Waals surface area (Å²) in [5, 5.41) is 4.53. The zero-order valence-corrected chi connectivity index (χ0v) is 13.2. The highest BCUT2D eigenvalue weighted by Gasteiger charge is 2.09. The fourth-order valence-electron chi connectivity index (χ4n) is 2.09. The number of aromatic nitrogens is 2. The van der Waals surface area contributed by atoms with Gasteiger partial charge in [-0.05, 0) is 53.4 Å². The highest BCUT2D eigenvalue weighted by atomic mass is 79.9. The first-order valence-electron chi connectivity index (χ1n) is 6.51. The van der Waals surface area contributed by atoms with E-state index in [9.17, 15) is 0 Å². The van der Waals surface area contributed by atoms with Crippen LogP contribution in [0.5, 0.6) is 0 Å². The smallest absolute Gasteiger partial charge is 0.0738 e. The lowest BCUT2D eigenvalue weighted by Crippen LogP contribution is -2.09. The number of hydrogen-bond donors (Lipinski definition) is 1. The molecule has 0 saturated heterocycles. The third kappa shape index (κ3) is 3.07. The molecule has 1 unspecified atom stereocenters. The highest BCUT2D eigenvalue weighted by Crippen LogP contribution is 2.21. The molecule has 0 spiro atoms. The average Bonchev–Trinajstić information content (AvgIpc) is 2.66. The van der Waals surface area contributed by atoms with Crippen molar-refractivity contribution in [3.63, 3.8) is 0 Å². The predicted molar refractivity (Wildman–Crippen MR) is 82.4 cm³/mol. The Kier molecular flexibility index (Phi) is 4.42. The van der Waals surface area contributed by atoms with E-state index in [1.165, 1.54) is 11.1 Å². The number of nitrogens with two attached hydrogens (primary N) is 1. The van der Waals surface area contributed by atoms with Crippen molar-refractivity contribution in [1.82, 2.24) is 9.78 Å². The van der Waals surface area contributed by atoms with Crippen LogP contribution in [0.4, 0.5) is 0 Å². The fourth-order valence-corrected chi connectivity index (χ4v) is 2.37. The summed E-state index contributed by atoms with van der Waals surface area (Å²) in [7, 11) is 0. The Morgan fingerprint density at radius 1 is 1.26 bits per heavy atom. The van der Waals surface area contributed by atoms with E-state index in [4.69, 9.17) is 5.73 Å². The van der Waals surface area contributed by atoms with Gasteiger partial charge in [-0.2, -0.15) is 5.10 Å². The summed E-state index contributed by atoms with van der Waals surface area (Å²) >= 11 is 3.56. The first kappa shape index (κ1) is 14.3. The highest BCUT2D eigenvalue weighted by molar-refractivity contribution is 9.10. The molecule has 102 valence electrons. The molecule has 0 fully saturated rings. The molecule has 1 atom stereocenters. The molecule has 1 aromatic heterocycles. The molecule has 0 saturated carbocycles. The third-order valence-electron chi connectivity index (χ3n) is 3.53. The first-order chi connectivity index (χ1) is 9.02. The Morgan fingerprint density at radius 2 is 1.89 bits per heavy atom. The van der Waals surface area contributed by atoms with Gasteiger partial charge in [0.1, 0.15) is 0 Å². The van der Waals surface area contributed by atoms with Crippen molar-refractivity contribution in [1.29, 1.82) is 0 Å². The van der Waals surface area contributed by atoms with Crippen molar-refractivity contribution in [3.05, 3.63) is 51.3 Å². The molecule has 0 bridgehead atoms. The van der Waals surface area contributed by atoms with Crippen LogP contribution in [0.3, 0.4) is 0 Å². The second kappa shape index (κ2) is 5.88. The van der Waals surface area contributed by atoms with Crippen molar-refractivity contribution in [3.8, 4) is 0 Å². The van der Waals surface area contributed by atoms with E-state index in [0.717, 1.165) is 22.4 Å². The lowest BCUT2D eigenvalue weighted by Gasteiger charge is -2.10. The maximum atomic E-state index is 5.69. The minimum absolute atomic E-state index is 0.414. The van der Waals surface area contributed by atoms with Crippen LogP contribution in [-0.4, -0.2) is 16.3 Å². The predicted octanol–water partition coefficient (Wildman–Crippen LogP) is 3.37. The SMILES string of the molecule is Cc1nn(Cc2ccc(C(C)CN)cc2)c(C)c1Br. The Morgan fingerprint density at radius 3 is 2.37 bits per heavy atom. The van der Waals surface area contributed by atoms with Crippen LogP contribution in [0.1, 0.15) is 35.4 Å². The number of halogens is 1. The minimum Gasteiger partial charge on any atom is -0.330 e. The molecule has 1 aromatic carbocycles. The van der Waals surface area contributed by atoms with Crippen LogP contribution in [0, 0.1) is 13.8 Å². The lowest BCUT2D eigenvalue weighted by atomic mass is 10.0. The molecule has 2 N–H and O–H groups in total. The van der Waals surface area contributed by atoms with Gasteiger partial charge in [0.25, 0.3) is 0 Å².